The van der Waals surface area contributed by atoms with E-state index in [1.807, 2.05) is 13.8 Å². The third kappa shape index (κ3) is 2.93. The summed E-state index contributed by atoms with van der Waals surface area (Å²) in [4.78, 5) is 0. The lowest BCUT2D eigenvalue weighted by molar-refractivity contribution is 0.115. The van der Waals surface area contributed by atoms with Gasteiger partial charge >= 0.3 is 0 Å². The lowest BCUT2D eigenvalue weighted by Gasteiger charge is -2.18. The van der Waals surface area contributed by atoms with Crippen LogP contribution in [-0.4, -0.2) is 12.2 Å². The molecule has 1 aromatic rings. The maximum absolute atomic E-state index is 13.2. The summed E-state index contributed by atoms with van der Waals surface area (Å²) in [6, 6.07) is 4.31. The summed E-state index contributed by atoms with van der Waals surface area (Å²) >= 11 is 0. The predicted molar refractivity (Wildman–Crippen MR) is 57.4 cm³/mol. The van der Waals surface area contributed by atoms with Crippen molar-refractivity contribution in [2.75, 3.05) is 7.11 Å². The third-order valence-corrected chi connectivity index (χ3v) is 2.65. The Morgan fingerprint density at radius 1 is 1.40 bits per heavy atom. The van der Waals surface area contributed by atoms with Gasteiger partial charge in [-0.25, -0.2) is 4.39 Å². The van der Waals surface area contributed by atoms with Crippen LogP contribution in [0.25, 0.3) is 0 Å². The molecule has 0 saturated heterocycles. The quantitative estimate of drug-likeness (QED) is 0.831. The van der Waals surface area contributed by atoms with E-state index < -0.39 is 6.10 Å². The molecule has 0 spiro atoms. The van der Waals surface area contributed by atoms with Gasteiger partial charge in [0.2, 0.25) is 0 Å². The van der Waals surface area contributed by atoms with Crippen LogP contribution in [-0.2, 0) is 0 Å². The summed E-state index contributed by atoms with van der Waals surface area (Å²) in [5.41, 5.74) is 0.571. The van der Waals surface area contributed by atoms with Crippen LogP contribution in [0.15, 0.2) is 18.2 Å². The van der Waals surface area contributed by atoms with Crippen molar-refractivity contribution in [1.29, 1.82) is 0 Å². The number of benzene rings is 1. The maximum atomic E-state index is 13.2. The van der Waals surface area contributed by atoms with E-state index in [2.05, 4.69) is 0 Å². The summed E-state index contributed by atoms with van der Waals surface area (Å²) in [7, 11) is 1.48. The molecule has 0 aliphatic heterocycles. The summed E-state index contributed by atoms with van der Waals surface area (Å²) in [5.74, 6) is 0.163. The molecule has 15 heavy (non-hydrogen) atoms. The van der Waals surface area contributed by atoms with Gasteiger partial charge in [-0.05, 0) is 23.6 Å². The van der Waals surface area contributed by atoms with Crippen molar-refractivity contribution in [1.82, 2.24) is 0 Å². The zero-order chi connectivity index (χ0) is 11.4. The molecule has 2 nitrogen and oxygen atoms in total. The molecule has 0 amide bonds. The molecular formula is C12H17FO2. The minimum absolute atomic E-state index is 0.108. The van der Waals surface area contributed by atoms with Crippen molar-refractivity contribution in [2.45, 2.75) is 26.4 Å². The number of ether oxygens (including phenoxy) is 1. The van der Waals surface area contributed by atoms with E-state index in [-0.39, 0.29) is 11.7 Å². The Morgan fingerprint density at radius 2 is 2.07 bits per heavy atom. The molecule has 1 aromatic carbocycles. The Labute approximate surface area is 89.7 Å². The molecule has 1 rings (SSSR count). The molecule has 0 bridgehead atoms. The highest BCUT2D eigenvalue weighted by molar-refractivity contribution is 5.31. The predicted octanol–water partition coefficient (Wildman–Crippen LogP) is 2.91. The van der Waals surface area contributed by atoms with Crippen LogP contribution in [0, 0.1) is 11.7 Å². The van der Waals surface area contributed by atoms with Crippen LogP contribution in [0.4, 0.5) is 4.39 Å². The van der Waals surface area contributed by atoms with E-state index in [1.54, 1.807) is 6.07 Å². The molecule has 2 unspecified atom stereocenters. The van der Waals surface area contributed by atoms with Gasteiger partial charge in [0.25, 0.3) is 0 Å². The Hall–Kier alpha value is -1.09. The fourth-order valence-corrected chi connectivity index (χ4v) is 1.42. The standard InChI is InChI=1S/C12H17FO2/c1-4-8(2)12(14)9-5-10(13)7-11(6-9)15-3/h5-8,12,14H,4H2,1-3H3. The van der Waals surface area contributed by atoms with E-state index in [1.165, 1.54) is 19.2 Å². The second-order valence-corrected chi connectivity index (χ2v) is 3.75. The first-order valence-corrected chi connectivity index (χ1v) is 5.11. The molecule has 0 aliphatic carbocycles. The molecule has 1 N–H and O–H groups in total. The normalized spacial score (nSPS) is 14.7. The molecule has 0 aliphatic rings. The van der Waals surface area contributed by atoms with Gasteiger partial charge in [0.1, 0.15) is 11.6 Å². The van der Waals surface area contributed by atoms with Crippen molar-refractivity contribution in [2.24, 2.45) is 5.92 Å². The Balaban J connectivity index is 2.97. The average molecular weight is 212 g/mol. The largest absolute Gasteiger partial charge is 0.497 e. The first kappa shape index (κ1) is 12.0. The molecule has 3 heteroatoms. The van der Waals surface area contributed by atoms with Gasteiger partial charge in [-0.3, -0.25) is 0 Å². The van der Waals surface area contributed by atoms with Crippen molar-refractivity contribution in [3.63, 3.8) is 0 Å². The number of hydrogen-bond acceptors (Lipinski definition) is 2. The highest BCUT2D eigenvalue weighted by Gasteiger charge is 2.16. The summed E-state index contributed by atoms with van der Waals surface area (Å²) in [6.07, 6.45) is 0.208. The molecule has 0 saturated carbocycles. The first-order valence-electron chi connectivity index (χ1n) is 5.11. The van der Waals surface area contributed by atoms with E-state index >= 15 is 0 Å². The second kappa shape index (κ2) is 5.12. The molecule has 0 fully saturated rings. The van der Waals surface area contributed by atoms with Crippen molar-refractivity contribution >= 4 is 0 Å². The summed E-state index contributed by atoms with van der Waals surface area (Å²) < 4.78 is 18.1. The van der Waals surface area contributed by atoms with Gasteiger partial charge < -0.3 is 9.84 Å². The summed E-state index contributed by atoms with van der Waals surface area (Å²) in [5, 5.41) is 9.91. The highest BCUT2D eigenvalue weighted by atomic mass is 19.1. The van der Waals surface area contributed by atoms with Crippen molar-refractivity contribution in [3.05, 3.63) is 29.6 Å². The summed E-state index contributed by atoms with van der Waals surface area (Å²) in [6.45, 7) is 3.92. The van der Waals surface area contributed by atoms with Crippen molar-refractivity contribution in [3.8, 4) is 5.75 Å². The van der Waals surface area contributed by atoms with Crippen LogP contribution >= 0.6 is 0 Å². The van der Waals surface area contributed by atoms with Crippen LogP contribution in [0.3, 0.4) is 0 Å². The van der Waals surface area contributed by atoms with Crippen LogP contribution in [0.1, 0.15) is 31.9 Å². The van der Waals surface area contributed by atoms with Crippen LogP contribution in [0.5, 0.6) is 5.75 Å². The Morgan fingerprint density at radius 3 is 2.60 bits per heavy atom. The fourth-order valence-electron chi connectivity index (χ4n) is 1.42. The van der Waals surface area contributed by atoms with Crippen molar-refractivity contribution < 1.29 is 14.2 Å². The SMILES string of the molecule is CCC(C)C(O)c1cc(F)cc(OC)c1. The number of aliphatic hydroxyl groups excluding tert-OH is 1. The zero-order valence-electron chi connectivity index (χ0n) is 9.33. The van der Waals surface area contributed by atoms with Gasteiger partial charge in [-0.15, -0.1) is 0 Å². The maximum Gasteiger partial charge on any atom is 0.127 e. The molecule has 84 valence electrons. The van der Waals surface area contributed by atoms with E-state index in [9.17, 15) is 9.50 Å². The Kier molecular flexibility index (Phi) is 4.09. The smallest absolute Gasteiger partial charge is 0.127 e. The van der Waals surface area contributed by atoms with Gasteiger partial charge in [-0.2, -0.15) is 0 Å². The third-order valence-electron chi connectivity index (χ3n) is 2.65. The lowest BCUT2D eigenvalue weighted by Crippen LogP contribution is -2.08. The number of hydrogen-bond donors (Lipinski definition) is 1. The number of methoxy groups -OCH3 is 1. The zero-order valence-corrected chi connectivity index (χ0v) is 9.33. The molecule has 2 atom stereocenters. The molecule has 0 radical (unpaired) electrons. The average Bonchev–Trinajstić information content (AvgIpc) is 2.26. The second-order valence-electron chi connectivity index (χ2n) is 3.75. The Bertz CT molecular complexity index is 325. The van der Waals surface area contributed by atoms with Gasteiger partial charge in [0.15, 0.2) is 0 Å². The minimum atomic E-state index is -0.639. The van der Waals surface area contributed by atoms with Gasteiger partial charge in [0.05, 0.1) is 13.2 Å². The number of halogens is 1. The molecule has 0 heterocycles. The van der Waals surface area contributed by atoms with Gasteiger partial charge in [0, 0.05) is 6.07 Å². The number of rotatable bonds is 4. The van der Waals surface area contributed by atoms with E-state index in [0.717, 1.165) is 6.42 Å². The fraction of sp³-hybridized carbons (Fsp3) is 0.500. The van der Waals surface area contributed by atoms with Crippen LogP contribution in [0.2, 0.25) is 0 Å². The molecular weight excluding hydrogens is 195 g/mol. The lowest BCUT2D eigenvalue weighted by atomic mass is 9.95. The monoisotopic (exact) mass is 212 g/mol. The van der Waals surface area contributed by atoms with E-state index in [4.69, 9.17) is 4.74 Å². The molecule has 0 aromatic heterocycles. The number of aliphatic hydroxyl groups is 1. The first-order chi connectivity index (χ1) is 7.08. The topological polar surface area (TPSA) is 29.5 Å². The van der Waals surface area contributed by atoms with Gasteiger partial charge in [-0.1, -0.05) is 20.3 Å². The minimum Gasteiger partial charge on any atom is -0.497 e. The van der Waals surface area contributed by atoms with E-state index in [0.29, 0.717) is 11.3 Å². The van der Waals surface area contributed by atoms with Crippen LogP contribution < -0.4 is 4.74 Å². The highest BCUT2D eigenvalue weighted by Crippen LogP contribution is 2.27.